The van der Waals surface area contributed by atoms with Crippen LogP contribution in [0.3, 0.4) is 0 Å². The molecule has 0 aromatic heterocycles. The van der Waals surface area contributed by atoms with E-state index in [1.54, 1.807) is 0 Å². The van der Waals surface area contributed by atoms with Crippen molar-refractivity contribution in [2.75, 3.05) is 39.3 Å². The summed E-state index contributed by atoms with van der Waals surface area (Å²) in [6.45, 7) is 11.4. The van der Waals surface area contributed by atoms with Crippen LogP contribution in [0.15, 0.2) is 0 Å². The highest BCUT2D eigenvalue weighted by atomic mass is 16.3. The molecule has 1 fully saturated rings. The summed E-state index contributed by atoms with van der Waals surface area (Å²) in [7, 11) is 0. The molecule has 0 radical (unpaired) electrons. The largest absolute Gasteiger partial charge is 0.391 e. The molecule has 118 valence electrons. The molecule has 5 heteroatoms. The van der Waals surface area contributed by atoms with Gasteiger partial charge < -0.3 is 5.11 Å². The zero-order valence-corrected chi connectivity index (χ0v) is 13.5. The Morgan fingerprint density at radius 1 is 1.05 bits per heavy atom. The minimum atomic E-state index is -0.313. The van der Waals surface area contributed by atoms with E-state index in [-0.39, 0.29) is 17.4 Å². The van der Waals surface area contributed by atoms with Crippen LogP contribution in [0, 0.1) is 34.0 Å². The van der Waals surface area contributed by atoms with Crippen molar-refractivity contribution in [1.82, 2.24) is 9.80 Å². The zero-order valence-electron chi connectivity index (χ0n) is 13.5. The van der Waals surface area contributed by atoms with Gasteiger partial charge in [0, 0.05) is 45.7 Å². The second-order valence-electron chi connectivity index (χ2n) is 7.01. The minimum Gasteiger partial charge on any atom is -0.391 e. The van der Waals surface area contributed by atoms with Crippen molar-refractivity contribution in [3.8, 4) is 12.1 Å². The quantitative estimate of drug-likeness (QED) is 0.802. The maximum absolute atomic E-state index is 10.2. The Hall–Kier alpha value is -1.14. The standard InChI is InChI=1S/C16H28N4O/c1-16(2,3)15(21)13-20-9-7-19(8-10-20)12-14(11-18)5-4-6-17/h14-15,21H,4-5,7-10,12-13H2,1-3H3/t14-,15+/m0/s1. The van der Waals surface area contributed by atoms with E-state index in [9.17, 15) is 5.11 Å². The van der Waals surface area contributed by atoms with Gasteiger partial charge >= 0.3 is 0 Å². The van der Waals surface area contributed by atoms with Gasteiger partial charge in [0.25, 0.3) is 0 Å². The summed E-state index contributed by atoms with van der Waals surface area (Å²) in [5.74, 6) is -0.0450. The Morgan fingerprint density at radius 3 is 2.00 bits per heavy atom. The lowest BCUT2D eigenvalue weighted by molar-refractivity contribution is 0.0125. The van der Waals surface area contributed by atoms with Crippen molar-refractivity contribution < 1.29 is 5.11 Å². The number of rotatable bonds is 6. The molecule has 0 amide bonds. The topological polar surface area (TPSA) is 74.3 Å². The van der Waals surface area contributed by atoms with Crippen molar-refractivity contribution in [1.29, 1.82) is 10.5 Å². The molecule has 0 aromatic rings. The smallest absolute Gasteiger partial charge is 0.0715 e. The van der Waals surface area contributed by atoms with Crippen molar-refractivity contribution in [3.05, 3.63) is 0 Å². The molecule has 0 aromatic carbocycles. The first-order chi connectivity index (χ1) is 9.86. The predicted molar refractivity (Wildman–Crippen MR) is 82.3 cm³/mol. The van der Waals surface area contributed by atoms with Gasteiger partial charge in [0.15, 0.2) is 0 Å². The lowest BCUT2D eigenvalue weighted by Gasteiger charge is -2.38. The fourth-order valence-electron chi connectivity index (χ4n) is 2.42. The van der Waals surface area contributed by atoms with Crippen LogP contribution in [0.1, 0.15) is 33.6 Å². The lowest BCUT2D eigenvalue weighted by atomic mass is 9.89. The highest BCUT2D eigenvalue weighted by Gasteiger charge is 2.26. The van der Waals surface area contributed by atoms with Crippen LogP contribution in [0.2, 0.25) is 0 Å². The number of aliphatic hydroxyl groups is 1. The second-order valence-corrected chi connectivity index (χ2v) is 7.01. The van der Waals surface area contributed by atoms with Gasteiger partial charge in [0.05, 0.1) is 24.2 Å². The Labute approximate surface area is 128 Å². The van der Waals surface area contributed by atoms with E-state index >= 15 is 0 Å². The average molecular weight is 292 g/mol. The molecule has 0 aliphatic carbocycles. The molecule has 1 rings (SSSR count). The third kappa shape index (κ3) is 6.44. The maximum Gasteiger partial charge on any atom is 0.0715 e. The number of piperazine rings is 1. The number of β-amino-alcohol motifs (C(OH)–C–C–N with tert-alkyl or cyclic N) is 1. The van der Waals surface area contributed by atoms with E-state index in [1.807, 2.05) is 0 Å². The highest BCUT2D eigenvalue weighted by Crippen LogP contribution is 2.20. The summed E-state index contributed by atoms with van der Waals surface area (Å²) in [6, 6.07) is 4.41. The summed E-state index contributed by atoms with van der Waals surface area (Å²) in [5.41, 5.74) is -0.0830. The molecule has 21 heavy (non-hydrogen) atoms. The fraction of sp³-hybridized carbons (Fsp3) is 0.875. The number of hydrogen-bond acceptors (Lipinski definition) is 5. The van der Waals surface area contributed by atoms with Crippen LogP contribution in [0.25, 0.3) is 0 Å². The van der Waals surface area contributed by atoms with Gasteiger partial charge in [-0.1, -0.05) is 20.8 Å². The molecule has 0 unspecified atom stereocenters. The van der Waals surface area contributed by atoms with Gasteiger partial charge in [-0.3, -0.25) is 9.80 Å². The number of nitriles is 2. The van der Waals surface area contributed by atoms with Gasteiger partial charge in [-0.2, -0.15) is 10.5 Å². The Bertz CT molecular complexity index is 383. The van der Waals surface area contributed by atoms with E-state index in [4.69, 9.17) is 10.5 Å². The molecule has 0 bridgehead atoms. The first-order valence-electron chi connectivity index (χ1n) is 7.76. The first kappa shape index (κ1) is 17.9. The van der Waals surface area contributed by atoms with Crippen LogP contribution >= 0.6 is 0 Å². The highest BCUT2D eigenvalue weighted by molar-refractivity contribution is 4.89. The van der Waals surface area contributed by atoms with Crippen LogP contribution in [0.5, 0.6) is 0 Å². The molecule has 5 nitrogen and oxygen atoms in total. The lowest BCUT2D eigenvalue weighted by Crippen LogP contribution is -2.51. The molecule has 1 saturated heterocycles. The molecule has 1 heterocycles. The molecule has 2 atom stereocenters. The summed E-state index contributed by atoms with van der Waals surface area (Å²) in [4.78, 5) is 4.59. The van der Waals surface area contributed by atoms with Gasteiger partial charge in [0.1, 0.15) is 0 Å². The summed E-state index contributed by atoms with van der Waals surface area (Å²) >= 11 is 0. The summed E-state index contributed by atoms with van der Waals surface area (Å²) < 4.78 is 0. The normalized spacial score (nSPS) is 20.5. The molecule has 1 aliphatic rings. The third-order valence-electron chi connectivity index (χ3n) is 4.16. The molecule has 1 N–H and O–H groups in total. The zero-order chi connectivity index (χ0) is 15.9. The maximum atomic E-state index is 10.2. The summed E-state index contributed by atoms with van der Waals surface area (Å²) in [6.07, 6.45) is 0.804. The third-order valence-corrected chi connectivity index (χ3v) is 4.16. The fourth-order valence-corrected chi connectivity index (χ4v) is 2.42. The first-order valence-corrected chi connectivity index (χ1v) is 7.76. The van der Waals surface area contributed by atoms with Gasteiger partial charge in [-0.15, -0.1) is 0 Å². The predicted octanol–water partition coefficient (Wildman–Crippen LogP) is 1.45. The second kappa shape index (κ2) is 8.34. The Morgan fingerprint density at radius 2 is 1.57 bits per heavy atom. The van der Waals surface area contributed by atoms with Crippen LogP contribution in [0.4, 0.5) is 0 Å². The van der Waals surface area contributed by atoms with Crippen LogP contribution < -0.4 is 0 Å². The number of aliphatic hydroxyl groups excluding tert-OH is 1. The molecular weight excluding hydrogens is 264 g/mol. The molecule has 0 saturated carbocycles. The van der Waals surface area contributed by atoms with Crippen molar-refractivity contribution in [2.45, 2.75) is 39.7 Å². The number of nitrogens with zero attached hydrogens (tertiary/aromatic N) is 4. The van der Waals surface area contributed by atoms with E-state index in [2.05, 4.69) is 42.7 Å². The number of hydrogen-bond donors (Lipinski definition) is 1. The van der Waals surface area contributed by atoms with Gasteiger partial charge in [0.2, 0.25) is 0 Å². The van der Waals surface area contributed by atoms with Crippen LogP contribution in [-0.2, 0) is 0 Å². The van der Waals surface area contributed by atoms with E-state index < -0.39 is 0 Å². The molecular formula is C16H28N4O. The van der Waals surface area contributed by atoms with E-state index in [1.165, 1.54) is 0 Å². The van der Waals surface area contributed by atoms with Crippen molar-refractivity contribution in [3.63, 3.8) is 0 Å². The SMILES string of the molecule is CC(C)(C)[C@H](O)CN1CCN(C[C@H](C#N)CCC#N)CC1. The monoisotopic (exact) mass is 292 g/mol. The molecule has 1 aliphatic heterocycles. The average Bonchev–Trinajstić information content (AvgIpc) is 2.44. The van der Waals surface area contributed by atoms with Crippen LogP contribution in [-0.4, -0.2) is 60.3 Å². The van der Waals surface area contributed by atoms with Crippen molar-refractivity contribution in [2.24, 2.45) is 11.3 Å². The van der Waals surface area contributed by atoms with E-state index in [0.29, 0.717) is 19.4 Å². The minimum absolute atomic E-state index is 0.0450. The van der Waals surface area contributed by atoms with E-state index in [0.717, 1.165) is 32.7 Å². The summed E-state index contributed by atoms with van der Waals surface area (Å²) in [5, 5.41) is 27.9. The Kier molecular flexibility index (Phi) is 7.11. The molecule has 0 spiro atoms. The van der Waals surface area contributed by atoms with Gasteiger partial charge in [-0.25, -0.2) is 0 Å². The van der Waals surface area contributed by atoms with Crippen molar-refractivity contribution >= 4 is 0 Å². The Balaban J connectivity index is 2.32. The van der Waals surface area contributed by atoms with Gasteiger partial charge in [-0.05, 0) is 11.8 Å².